The number of hydrogen-bond donors (Lipinski definition) is 2. The first kappa shape index (κ1) is 15.6. The van der Waals surface area contributed by atoms with E-state index in [1.165, 1.54) is 0 Å². The van der Waals surface area contributed by atoms with Gasteiger partial charge in [-0.25, -0.2) is 0 Å². The lowest BCUT2D eigenvalue weighted by Crippen LogP contribution is -2.07. The number of aromatic hydroxyl groups is 2. The van der Waals surface area contributed by atoms with Crippen LogP contribution in [0.2, 0.25) is 0 Å². The van der Waals surface area contributed by atoms with Gasteiger partial charge in [-0.3, -0.25) is 0 Å². The van der Waals surface area contributed by atoms with E-state index < -0.39 is 0 Å². The summed E-state index contributed by atoms with van der Waals surface area (Å²) in [5.74, 6) is 1.88. The molecule has 2 aromatic carbocycles. The zero-order chi connectivity index (χ0) is 14.6. The van der Waals surface area contributed by atoms with Crippen LogP contribution in [0.4, 0.5) is 0 Å². The van der Waals surface area contributed by atoms with Crippen molar-refractivity contribution in [2.45, 2.75) is 6.42 Å². The highest BCUT2D eigenvalue weighted by Gasteiger charge is 2.26. The zero-order valence-electron chi connectivity index (χ0n) is 9.68. The molecule has 1 aliphatic rings. The second-order valence-electron chi connectivity index (χ2n) is 4.30. The number of rotatable bonds is 0. The van der Waals surface area contributed by atoms with Crippen molar-refractivity contribution < 1.29 is 14.9 Å². The average Bonchev–Trinajstić information content (AvgIpc) is 2.41. The second kappa shape index (κ2) is 5.76. The molecule has 1 aliphatic heterocycles. The highest BCUT2D eigenvalue weighted by atomic mass is 127. The van der Waals surface area contributed by atoms with Gasteiger partial charge in [-0.15, -0.1) is 0 Å². The van der Waals surface area contributed by atoms with Crippen LogP contribution in [-0.4, -0.2) is 10.2 Å². The maximum Gasteiger partial charge on any atom is 0.148 e. The molecule has 0 unspecified atom stereocenters. The molecule has 3 rings (SSSR count). The predicted octanol–water partition coefficient (Wildman–Crippen LogP) is 5.21. The minimum absolute atomic E-state index is 0.248. The molecule has 20 heavy (non-hydrogen) atoms. The highest BCUT2D eigenvalue weighted by molar-refractivity contribution is 14.1. The Morgan fingerprint density at radius 2 is 1.20 bits per heavy atom. The van der Waals surface area contributed by atoms with Crippen LogP contribution >= 0.6 is 90.4 Å². The normalized spacial score (nSPS) is 12.6. The van der Waals surface area contributed by atoms with Crippen LogP contribution in [0.3, 0.4) is 0 Å². The molecule has 0 amide bonds. The molecule has 2 aromatic rings. The summed E-state index contributed by atoms with van der Waals surface area (Å²) in [6.07, 6.45) is 0.739. The van der Waals surface area contributed by atoms with Gasteiger partial charge in [0.05, 0.1) is 14.3 Å². The maximum atomic E-state index is 10.0. The molecular weight excluding hydrogens is 712 g/mol. The van der Waals surface area contributed by atoms with E-state index in [9.17, 15) is 10.2 Å². The molecule has 0 spiro atoms. The van der Waals surface area contributed by atoms with Gasteiger partial charge in [0.2, 0.25) is 0 Å². The average molecular weight is 718 g/mol. The Labute approximate surface area is 170 Å². The minimum atomic E-state index is 0.248. The van der Waals surface area contributed by atoms with Gasteiger partial charge in [-0.2, -0.15) is 0 Å². The van der Waals surface area contributed by atoms with Gasteiger partial charge in [-0.1, -0.05) is 0 Å². The fraction of sp³-hybridized carbons (Fsp3) is 0.0769. The molecule has 1 heterocycles. The van der Waals surface area contributed by atoms with Crippen molar-refractivity contribution in [2.75, 3.05) is 0 Å². The lowest BCUT2D eigenvalue weighted by atomic mass is 10.00. The Morgan fingerprint density at radius 1 is 0.800 bits per heavy atom. The second-order valence-corrected chi connectivity index (χ2v) is 8.78. The first-order chi connectivity index (χ1) is 9.40. The van der Waals surface area contributed by atoms with Crippen LogP contribution < -0.4 is 4.74 Å². The number of phenols is 2. The van der Waals surface area contributed by atoms with Crippen molar-refractivity contribution in [1.29, 1.82) is 0 Å². The van der Waals surface area contributed by atoms with E-state index >= 15 is 0 Å². The summed E-state index contributed by atoms with van der Waals surface area (Å²) in [7, 11) is 0. The highest BCUT2D eigenvalue weighted by Crippen LogP contribution is 2.48. The molecule has 0 saturated heterocycles. The van der Waals surface area contributed by atoms with Crippen LogP contribution in [0, 0.1) is 14.3 Å². The predicted molar refractivity (Wildman–Crippen MR) is 110 cm³/mol. The van der Waals surface area contributed by atoms with Crippen molar-refractivity contribution in [3.8, 4) is 23.0 Å². The van der Waals surface area contributed by atoms with Gasteiger partial charge in [0.15, 0.2) is 0 Å². The molecule has 104 valence electrons. The van der Waals surface area contributed by atoms with Crippen molar-refractivity contribution in [3.63, 3.8) is 0 Å². The van der Waals surface area contributed by atoms with Gasteiger partial charge in [0, 0.05) is 17.5 Å². The van der Waals surface area contributed by atoms with Gasteiger partial charge in [-0.05, 0) is 102 Å². The molecule has 0 aromatic heterocycles. The number of benzene rings is 2. The summed E-state index contributed by atoms with van der Waals surface area (Å²) in [4.78, 5) is 0. The Kier molecular flexibility index (Phi) is 4.50. The topological polar surface area (TPSA) is 49.7 Å². The lowest BCUT2D eigenvalue weighted by Gasteiger charge is -2.24. The third-order valence-corrected chi connectivity index (χ3v) is 6.68. The van der Waals surface area contributed by atoms with Crippen molar-refractivity contribution in [3.05, 3.63) is 37.5 Å². The van der Waals surface area contributed by atoms with Crippen LogP contribution in [0.25, 0.3) is 0 Å². The summed E-state index contributed by atoms with van der Waals surface area (Å²) >= 11 is 8.43. The van der Waals surface area contributed by atoms with Crippen molar-refractivity contribution >= 4 is 90.4 Å². The summed E-state index contributed by atoms with van der Waals surface area (Å²) in [6, 6.07) is 3.89. The van der Waals surface area contributed by atoms with Crippen LogP contribution in [0.1, 0.15) is 11.1 Å². The van der Waals surface area contributed by atoms with Crippen molar-refractivity contribution in [1.82, 2.24) is 0 Å². The molecule has 0 aliphatic carbocycles. The molecule has 7 heteroatoms. The number of phenolic OH excluding ortho intramolecular Hbond substituents is 2. The van der Waals surface area contributed by atoms with Crippen molar-refractivity contribution in [2.24, 2.45) is 0 Å². The number of fused-ring (bicyclic) bond motifs is 2. The van der Waals surface area contributed by atoms with Crippen LogP contribution in [0.15, 0.2) is 12.1 Å². The zero-order valence-corrected chi connectivity index (χ0v) is 18.3. The fourth-order valence-electron chi connectivity index (χ4n) is 2.07. The molecule has 2 N–H and O–H groups in total. The Hall–Kier alpha value is 0.760. The maximum absolute atomic E-state index is 10.0. The number of hydrogen-bond acceptors (Lipinski definition) is 3. The summed E-state index contributed by atoms with van der Waals surface area (Å²) in [5.41, 5.74) is 2.11. The number of ether oxygens (including phenoxy) is 1. The van der Waals surface area contributed by atoms with E-state index in [0.29, 0.717) is 18.6 Å². The van der Waals surface area contributed by atoms with E-state index in [2.05, 4.69) is 90.4 Å². The Balaban J connectivity index is 2.22. The van der Waals surface area contributed by atoms with Gasteiger partial charge in [0.1, 0.15) is 23.0 Å². The monoisotopic (exact) mass is 718 g/mol. The third kappa shape index (κ3) is 2.49. The Morgan fingerprint density at radius 3 is 1.60 bits per heavy atom. The van der Waals surface area contributed by atoms with E-state index in [1.54, 1.807) is 0 Å². The first-order valence-electron chi connectivity index (χ1n) is 5.47. The van der Waals surface area contributed by atoms with Gasteiger partial charge in [0.25, 0.3) is 0 Å². The number of halogens is 4. The Bertz CT molecular complexity index is 682. The fourth-order valence-corrected chi connectivity index (χ4v) is 5.89. The largest absolute Gasteiger partial charge is 0.506 e. The SMILES string of the molecule is Oc1c(I)cc2c(c1I)Oc1c(cc(I)c(O)c1I)C2. The summed E-state index contributed by atoms with van der Waals surface area (Å²) in [6.45, 7) is 0. The lowest BCUT2D eigenvalue weighted by molar-refractivity contribution is 0.421. The molecule has 0 fully saturated rings. The molecule has 3 nitrogen and oxygen atoms in total. The smallest absolute Gasteiger partial charge is 0.148 e. The summed E-state index contributed by atoms with van der Waals surface area (Å²) in [5, 5.41) is 20.1. The first-order valence-corrected chi connectivity index (χ1v) is 9.79. The minimum Gasteiger partial charge on any atom is -0.506 e. The van der Waals surface area contributed by atoms with Gasteiger partial charge < -0.3 is 14.9 Å². The molecule has 0 bridgehead atoms. The molecular formula is C13H6I4O3. The van der Waals surface area contributed by atoms with E-state index in [-0.39, 0.29) is 11.5 Å². The molecule has 0 atom stereocenters. The van der Waals surface area contributed by atoms with Gasteiger partial charge >= 0.3 is 0 Å². The summed E-state index contributed by atoms with van der Waals surface area (Å²) < 4.78 is 9.03. The quantitative estimate of drug-likeness (QED) is 0.314. The van der Waals surface area contributed by atoms with E-state index in [4.69, 9.17) is 4.74 Å². The van der Waals surface area contributed by atoms with E-state index in [0.717, 1.165) is 24.7 Å². The standard InChI is InChI=1S/C13H6I4O3/c14-6-2-4-1-5-3-7(15)11(19)9(17)13(5)20-12(4)8(16)10(6)18/h2-3,18-19H,1H2. The van der Waals surface area contributed by atoms with Crippen LogP contribution in [-0.2, 0) is 6.42 Å². The van der Waals surface area contributed by atoms with Crippen LogP contribution in [0.5, 0.6) is 23.0 Å². The molecule has 0 radical (unpaired) electrons. The third-order valence-electron chi connectivity index (χ3n) is 3.04. The molecule has 0 saturated carbocycles. The van der Waals surface area contributed by atoms with E-state index in [1.807, 2.05) is 12.1 Å².